The van der Waals surface area contributed by atoms with Crippen molar-refractivity contribution in [2.45, 2.75) is 66.2 Å². The Morgan fingerprint density at radius 1 is 0.554 bits per heavy atom. The number of halogens is 2. The van der Waals surface area contributed by atoms with Crippen molar-refractivity contribution < 1.29 is 20.8 Å². The molecule has 2 atom stereocenters. The van der Waals surface area contributed by atoms with Gasteiger partial charge < -0.3 is 0 Å². The van der Waals surface area contributed by atoms with Crippen LogP contribution in [0, 0.1) is 19.9 Å². The fourth-order valence-electron chi connectivity index (χ4n) is 7.75. The van der Waals surface area contributed by atoms with Crippen LogP contribution in [-0.4, -0.2) is 9.52 Å². The van der Waals surface area contributed by atoms with E-state index < -0.39 is 20.8 Å². The van der Waals surface area contributed by atoms with E-state index in [2.05, 4.69) is 193 Å². The Balaban J connectivity index is 0.000000140. The Hall–Kier alpha value is -3.78. The van der Waals surface area contributed by atoms with E-state index >= 15 is 0 Å². The van der Waals surface area contributed by atoms with Crippen molar-refractivity contribution in [2.24, 2.45) is 0 Å². The van der Waals surface area contributed by atoms with E-state index in [1.54, 1.807) is 0 Å². The van der Waals surface area contributed by atoms with Crippen molar-refractivity contribution >= 4 is 58.5 Å². The molecule has 1 heterocycles. The van der Waals surface area contributed by atoms with E-state index in [1.807, 2.05) is 6.07 Å². The second kappa shape index (κ2) is 20.1. The van der Waals surface area contributed by atoms with E-state index in [0.717, 1.165) is 9.52 Å². The van der Waals surface area contributed by atoms with Gasteiger partial charge in [-0.2, -0.15) is 41.6 Å². The summed E-state index contributed by atoms with van der Waals surface area (Å²) >= 11 is -0.826. The van der Waals surface area contributed by atoms with Crippen LogP contribution < -0.4 is 10.4 Å². The minimum atomic E-state index is -0.826. The standard InChI is InChI=1S/2C20H21.C12H7Si.2ClH.Zr/c2*1-4-15(3)17-9-5-6-10-18(17)19-11-7-8-16-12-14(2)13-20(16)19;1-3-7-11-9(5-1)10-6-2-4-8-12(10)13-11;;;/h2*5-13,15H,4H2,1-3H3;1-7H;2*1H;/q3*-1;;;+2/p-2. The average Bonchev–Trinajstić information content (AvgIpc) is 3.94. The van der Waals surface area contributed by atoms with E-state index in [-0.39, 0.29) is 0 Å². The zero-order chi connectivity index (χ0) is 39.6. The number of aryl methyl sites for hydroxylation is 2. The average molecular weight is 864 g/mol. The largest absolute Gasteiger partial charge is 0.184 e. The van der Waals surface area contributed by atoms with Crippen LogP contribution in [0.5, 0.6) is 0 Å². The molecule has 0 aromatic heterocycles. The van der Waals surface area contributed by atoms with Crippen LogP contribution in [0.25, 0.3) is 54.9 Å². The summed E-state index contributed by atoms with van der Waals surface area (Å²) < 4.78 is 0. The molecule has 4 heteroatoms. The molecular formula is C52H49Cl2SiZr-3. The Bertz CT molecular complexity index is 2330. The zero-order valence-electron chi connectivity index (χ0n) is 33.3. The van der Waals surface area contributed by atoms with Gasteiger partial charge in [-0.3, -0.25) is 0 Å². The molecule has 2 unspecified atom stereocenters. The number of benzene rings is 6. The number of hydrogen-bond donors (Lipinski definition) is 0. The summed E-state index contributed by atoms with van der Waals surface area (Å²) in [7, 11) is 10.7. The van der Waals surface area contributed by atoms with Gasteiger partial charge in [0.2, 0.25) is 0 Å². The van der Waals surface area contributed by atoms with Crippen molar-refractivity contribution in [3.8, 4) is 33.4 Å². The third-order valence-electron chi connectivity index (χ3n) is 10.9. The summed E-state index contributed by atoms with van der Waals surface area (Å²) in [6.07, 6.45) is 2.35. The number of hydrogen-bond acceptors (Lipinski definition) is 0. The van der Waals surface area contributed by atoms with Crippen LogP contribution in [-0.2, 0) is 20.8 Å². The van der Waals surface area contributed by atoms with Crippen LogP contribution in [0.4, 0.5) is 0 Å². The summed E-state index contributed by atoms with van der Waals surface area (Å²) in [4.78, 5) is 0. The van der Waals surface area contributed by atoms with Gasteiger partial charge in [-0.15, -0.1) is 74.6 Å². The van der Waals surface area contributed by atoms with Gasteiger partial charge >= 0.3 is 37.9 Å². The van der Waals surface area contributed by atoms with E-state index in [0.29, 0.717) is 11.8 Å². The van der Waals surface area contributed by atoms with Crippen LogP contribution >= 0.6 is 17.0 Å². The molecule has 1 aliphatic rings. The first-order chi connectivity index (χ1) is 27.3. The van der Waals surface area contributed by atoms with Gasteiger partial charge in [-0.1, -0.05) is 148 Å². The second-order valence-electron chi connectivity index (χ2n) is 14.7. The maximum atomic E-state index is 4.93. The van der Waals surface area contributed by atoms with Crippen LogP contribution in [0.3, 0.4) is 0 Å². The molecule has 0 N–H and O–H groups in total. The normalized spacial score (nSPS) is 12.2. The maximum Gasteiger partial charge on any atom is 0.0920 e. The molecule has 8 aromatic carbocycles. The maximum absolute atomic E-state index is 4.93. The Morgan fingerprint density at radius 3 is 1.48 bits per heavy atom. The summed E-state index contributed by atoms with van der Waals surface area (Å²) in [5.74, 6) is 1.19. The molecule has 0 nitrogen and oxygen atoms in total. The molecule has 0 amide bonds. The molecule has 282 valence electrons. The van der Waals surface area contributed by atoms with E-state index in [9.17, 15) is 0 Å². The number of fused-ring (bicyclic) bond motifs is 5. The Morgan fingerprint density at radius 2 is 0.982 bits per heavy atom. The third-order valence-corrected chi connectivity index (χ3v) is 12.3. The first-order valence-electron chi connectivity index (χ1n) is 19.6. The Labute approximate surface area is 356 Å². The molecule has 0 spiro atoms. The molecule has 2 radical (unpaired) electrons. The van der Waals surface area contributed by atoms with E-state index in [4.69, 9.17) is 17.0 Å². The van der Waals surface area contributed by atoms with Crippen molar-refractivity contribution in [3.63, 3.8) is 0 Å². The molecular weight excluding hydrogens is 815 g/mol. The fraction of sp³-hybridized carbons (Fsp3) is 0.192. The minimum absolute atomic E-state index is 0.595. The number of rotatable bonds is 6. The van der Waals surface area contributed by atoms with Crippen molar-refractivity contribution in [1.82, 2.24) is 0 Å². The molecule has 1 aliphatic heterocycles. The summed E-state index contributed by atoms with van der Waals surface area (Å²) in [5.41, 5.74) is 13.9. The van der Waals surface area contributed by atoms with E-state index in [1.165, 1.54) is 100 Å². The SMILES string of the molecule is CCC(C)c1ccccc1-c1cccc2[cH-]c(C)cc12.CCC(C)c1ccccc1-c1cccc2[cH-]c(C)cc12.[Cl][Zr][Cl].[c-]1cccc2c1[Si]c1ccccc1-2. The fourth-order valence-corrected chi connectivity index (χ4v) is 9.06. The van der Waals surface area contributed by atoms with Gasteiger partial charge in [0.15, 0.2) is 0 Å². The topological polar surface area (TPSA) is 0 Å². The van der Waals surface area contributed by atoms with Gasteiger partial charge in [0.05, 0.1) is 9.52 Å². The van der Waals surface area contributed by atoms with Crippen LogP contribution in [0.1, 0.15) is 74.6 Å². The molecule has 0 saturated carbocycles. The summed E-state index contributed by atoms with van der Waals surface area (Å²) in [5, 5.41) is 8.27. The molecule has 8 aromatic rings. The monoisotopic (exact) mass is 861 g/mol. The predicted octanol–water partition coefficient (Wildman–Crippen LogP) is 14.6. The zero-order valence-corrected chi connectivity index (χ0v) is 38.2. The Kier molecular flexibility index (Phi) is 15.0. The minimum Gasteiger partial charge on any atom is -0.184 e. The summed E-state index contributed by atoms with van der Waals surface area (Å²) in [6, 6.07) is 58.3. The predicted molar refractivity (Wildman–Crippen MR) is 244 cm³/mol. The van der Waals surface area contributed by atoms with Crippen LogP contribution in [0.15, 0.2) is 152 Å². The van der Waals surface area contributed by atoms with Crippen molar-refractivity contribution in [3.05, 3.63) is 180 Å². The van der Waals surface area contributed by atoms with Gasteiger partial charge in [-0.25, -0.2) is 0 Å². The molecule has 0 fully saturated rings. The first-order valence-corrected chi connectivity index (χ1v) is 26.9. The first kappa shape index (κ1) is 41.8. The van der Waals surface area contributed by atoms with Crippen molar-refractivity contribution in [2.75, 3.05) is 0 Å². The molecule has 56 heavy (non-hydrogen) atoms. The van der Waals surface area contributed by atoms with Gasteiger partial charge in [-0.05, 0) is 46.9 Å². The smallest absolute Gasteiger partial charge is 0.0920 e. The molecule has 9 rings (SSSR count). The molecule has 0 saturated heterocycles. The second-order valence-corrected chi connectivity index (χ2v) is 19.7. The molecule has 0 bridgehead atoms. The third kappa shape index (κ3) is 9.66. The van der Waals surface area contributed by atoms with Gasteiger partial charge in [0.1, 0.15) is 0 Å². The quantitative estimate of drug-likeness (QED) is 0.115. The van der Waals surface area contributed by atoms with Gasteiger partial charge in [0.25, 0.3) is 0 Å². The van der Waals surface area contributed by atoms with Gasteiger partial charge in [0, 0.05) is 0 Å². The molecule has 0 aliphatic carbocycles. The van der Waals surface area contributed by atoms with Crippen LogP contribution in [0.2, 0.25) is 0 Å². The van der Waals surface area contributed by atoms with Crippen molar-refractivity contribution in [1.29, 1.82) is 0 Å². The summed E-state index contributed by atoms with van der Waals surface area (Å²) in [6.45, 7) is 13.5.